The number of alkyl halides is 2. The first-order chi connectivity index (χ1) is 11.3. The fourth-order valence-corrected chi connectivity index (χ4v) is 5.45. The van der Waals surface area contributed by atoms with Crippen LogP contribution >= 0.6 is 0 Å². The van der Waals surface area contributed by atoms with E-state index in [0.717, 1.165) is 37.0 Å². The zero-order chi connectivity index (χ0) is 17.4. The van der Waals surface area contributed by atoms with Crippen LogP contribution in [-0.2, 0) is 9.59 Å². The average Bonchev–Trinajstić information content (AvgIpc) is 2.49. The lowest BCUT2D eigenvalue weighted by molar-refractivity contribution is -0.132. The number of carbonyl (C=O) groups is 2. The topological polar surface area (TPSA) is 84.2 Å². The summed E-state index contributed by atoms with van der Waals surface area (Å²) in [7, 11) is 0. The second-order valence-corrected chi connectivity index (χ2v) is 8.21. The highest BCUT2D eigenvalue weighted by molar-refractivity contribution is 5.85. The van der Waals surface area contributed by atoms with Crippen LogP contribution in [0.15, 0.2) is 0 Å². The minimum atomic E-state index is -3.11. The van der Waals surface area contributed by atoms with Crippen LogP contribution < -0.4 is 16.4 Å². The third-order valence-corrected chi connectivity index (χ3v) is 5.99. The standard InChI is InChI=1S/C17H27F2N3O2/c18-17(19,9-20)10-22-15(24)8-21-14(23)7-16-4-11-1-12(5-16)3-13(2-11)6-16/h11-13H,1-10,20H2,(H,21,23)(H,22,24). The van der Waals surface area contributed by atoms with Crippen molar-refractivity contribution in [2.24, 2.45) is 28.9 Å². The minimum absolute atomic E-state index is 0.113. The van der Waals surface area contributed by atoms with E-state index in [1.54, 1.807) is 0 Å². The number of carbonyl (C=O) groups excluding carboxylic acids is 2. The molecule has 7 heteroatoms. The van der Waals surface area contributed by atoms with Gasteiger partial charge in [0.05, 0.1) is 19.6 Å². The molecule has 0 atom stereocenters. The maximum absolute atomic E-state index is 13.0. The summed E-state index contributed by atoms with van der Waals surface area (Å²) >= 11 is 0. The lowest BCUT2D eigenvalue weighted by Gasteiger charge is -2.56. The molecule has 0 aromatic rings. The Morgan fingerprint density at radius 1 is 1.00 bits per heavy atom. The summed E-state index contributed by atoms with van der Waals surface area (Å²) in [4.78, 5) is 23.8. The van der Waals surface area contributed by atoms with Gasteiger partial charge in [0.2, 0.25) is 11.8 Å². The molecular weight excluding hydrogens is 316 g/mol. The molecule has 136 valence electrons. The summed E-state index contributed by atoms with van der Waals surface area (Å²) in [6.45, 7) is -1.87. The van der Waals surface area contributed by atoms with E-state index < -0.39 is 24.9 Å². The third kappa shape index (κ3) is 4.05. The van der Waals surface area contributed by atoms with E-state index in [1.807, 2.05) is 0 Å². The van der Waals surface area contributed by atoms with E-state index in [-0.39, 0.29) is 17.9 Å². The largest absolute Gasteiger partial charge is 0.348 e. The molecule has 0 aromatic carbocycles. The molecule has 0 aromatic heterocycles. The van der Waals surface area contributed by atoms with Gasteiger partial charge in [0.15, 0.2) is 0 Å². The summed E-state index contributed by atoms with van der Waals surface area (Å²) in [6, 6.07) is 0. The Morgan fingerprint density at radius 2 is 1.54 bits per heavy atom. The summed E-state index contributed by atoms with van der Waals surface area (Å²) in [6.07, 6.45) is 7.79. The average molecular weight is 343 g/mol. The zero-order valence-corrected chi connectivity index (χ0v) is 14.0. The molecule has 4 rings (SSSR count). The lowest BCUT2D eigenvalue weighted by atomic mass is 9.49. The van der Waals surface area contributed by atoms with Crippen molar-refractivity contribution in [2.45, 2.75) is 50.9 Å². The molecular formula is C17H27F2N3O2. The number of halogens is 2. The number of amides is 2. The van der Waals surface area contributed by atoms with Gasteiger partial charge in [-0.1, -0.05) is 0 Å². The Balaban J connectivity index is 1.42. The maximum Gasteiger partial charge on any atom is 0.277 e. The van der Waals surface area contributed by atoms with Crippen molar-refractivity contribution in [3.8, 4) is 0 Å². The molecule has 0 aliphatic heterocycles. The molecule has 4 fully saturated rings. The van der Waals surface area contributed by atoms with Gasteiger partial charge in [-0.2, -0.15) is 0 Å². The van der Waals surface area contributed by atoms with Crippen molar-refractivity contribution < 1.29 is 18.4 Å². The van der Waals surface area contributed by atoms with E-state index in [4.69, 9.17) is 5.73 Å². The Hall–Kier alpha value is -1.24. The van der Waals surface area contributed by atoms with Gasteiger partial charge in [0, 0.05) is 6.42 Å². The second-order valence-electron chi connectivity index (χ2n) is 8.21. The highest BCUT2D eigenvalue weighted by Crippen LogP contribution is 2.61. The quantitative estimate of drug-likeness (QED) is 0.654. The van der Waals surface area contributed by atoms with Crippen LogP contribution in [0.5, 0.6) is 0 Å². The van der Waals surface area contributed by atoms with Crippen molar-refractivity contribution >= 4 is 11.8 Å². The first-order valence-corrected chi connectivity index (χ1v) is 8.90. The van der Waals surface area contributed by atoms with Crippen molar-refractivity contribution in [3.05, 3.63) is 0 Å². The SMILES string of the molecule is NCC(F)(F)CNC(=O)CNC(=O)CC12CC3CC(CC(C3)C1)C2. The Bertz CT molecular complexity index is 475. The molecule has 4 aliphatic rings. The van der Waals surface area contributed by atoms with Gasteiger partial charge in [-0.15, -0.1) is 0 Å². The van der Waals surface area contributed by atoms with Crippen LogP contribution in [0.4, 0.5) is 8.78 Å². The van der Waals surface area contributed by atoms with E-state index in [2.05, 4.69) is 10.6 Å². The van der Waals surface area contributed by atoms with Crippen molar-refractivity contribution in [2.75, 3.05) is 19.6 Å². The van der Waals surface area contributed by atoms with Crippen LogP contribution in [-0.4, -0.2) is 37.4 Å². The first-order valence-electron chi connectivity index (χ1n) is 8.90. The van der Waals surface area contributed by atoms with Crippen LogP contribution in [0, 0.1) is 23.2 Å². The van der Waals surface area contributed by atoms with E-state index >= 15 is 0 Å². The number of nitrogens with two attached hydrogens (primary N) is 1. The van der Waals surface area contributed by atoms with Crippen LogP contribution in [0.25, 0.3) is 0 Å². The summed E-state index contributed by atoms with van der Waals surface area (Å²) in [5.41, 5.74) is 5.02. The summed E-state index contributed by atoms with van der Waals surface area (Å²) in [5.74, 6) is -1.55. The van der Waals surface area contributed by atoms with Gasteiger partial charge in [-0.05, 0) is 61.7 Å². The molecule has 4 bridgehead atoms. The van der Waals surface area contributed by atoms with Gasteiger partial charge in [-0.3, -0.25) is 9.59 Å². The summed E-state index contributed by atoms with van der Waals surface area (Å²) in [5, 5.41) is 4.69. The maximum atomic E-state index is 13.0. The van der Waals surface area contributed by atoms with Crippen LogP contribution in [0.2, 0.25) is 0 Å². The smallest absolute Gasteiger partial charge is 0.277 e. The highest BCUT2D eigenvalue weighted by Gasteiger charge is 2.51. The predicted molar refractivity (Wildman–Crippen MR) is 85.2 cm³/mol. The molecule has 4 N–H and O–H groups in total. The second kappa shape index (κ2) is 6.58. The first kappa shape index (κ1) is 17.6. The molecule has 2 amide bonds. The molecule has 4 saturated carbocycles. The fourth-order valence-electron chi connectivity index (χ4n) is 5.45. The molecule has 0 heterocycles. The van der Waals surface area contributed by atoms with Crippen molar-refractivity contribution in [3.63, 3.8) is 0 Å². The van der Waals surface area contributed by atoms with Gasteiger partial charge in [-0.25, -0.2) is 8.78 Å². The van der Waals surface area contributed by atoms with Gasteiger partial charge < -0.3 is 16.4 Å². The minimum Gasteiger partial charge on any atom is -0.348 e. The summed E-state index contributed by atoms with van der Waals surface area (Å²) < 4.78 is 25.9. The van der Waals surface area contributed by atoms with Gasteiger partial charge in [0.25, 0.3) is 5.92 Å². The molecule has 0 saturated heterocycles. The van der Waals surface area contributed by atoms with Gasteiger partial charge in [0.1, 0.15) is 0 Å². The predicted octanol–water partition coefficient (Wildman–Crippen LogP) is 1.42. The van der Waals surface area contributed by atoms with E-state index in [1.165, 1.54) is 19.3 Å². The van der Waals surface area contributed by atoms with Crippen LogP contribution in [0.3, 0.4) is 0 Å². The molecule has 4 aliphatic carbocycles. The molecule has 0 unspecified atom stereocenters. The van der Waals surface area contributed by atoms with E-state index in [9.17, 15) is 18.4 Å². The molecule has 0 radical (unpaired) electrons. The fraction of sp³-hybridized carbons (Fsp3) is 0.882. The van der Waals surface area contributed by atoms with E-state index in [0.29, 0.717) is 6.42 Å². The molecule has 0 spiro atoms. The number of hydrogen-bond donors (Lipinski definition) is 3. The third-order valence-electron chi connectivity index (χ3n) is 5.99. The number of rotatable bonds is 7. The zero-order valence-electron chi connectivity index (χ0n) is 14.0. The molecule has 5 nitrogen and oxygen atoms in total. The lowest BCUT2D eigenvalue weighted by Crippen LogP contribution is -2.49. The Morgan fingerprint density at radius 3 is 2.04 bits per heavy atom. The number of nitrogens with one attached hydrogen (secondary N) is 2. The monoisotopic (exact) mass is 343 g/mol. The van der Waals surface area contributed by atoms with Gasteiger partial charge >= 0.3 is 0 Å². The van der Waals surface area contributed by atoms with Crippen molar-refractivity contribution in [1.29, 1.82) is 0 Å². The van der Waals surface area contributed by atoms with Crippen molar-refractivity contribution in [1.82, 2.24) is 10.6 Å². The highest BCUT2D eigenvalue weighted by atomic mass is 19.3. The Kier molecular flexibility index (Phi) is 4.82. The Labute approximate surface area is 141 Å². The van der Waals surface area contributed by atoms with Crippen LogP contribution in [0.1, 0.15) is 44.9 Å². The number of hydrogen-bond acceptors (Lipinski definition) is 3. The molecule has 24 heavy (non-hydrogen) atoms. The normalized spacial score (nSPS) is 34.2.